The zero-order valence-corrected chi connectivity index (χ0v) is 10.0. The Kier molecular flexibility index (Phi) is 7.28. The van der Waals surface area contributed by atoms with Crippen LogP contribution in [0.1, 0.15) is 26.7 Å². The van der Waals surface area contributed by atoms with Crippen molar-refractivity contribution in [3.05, 3.63) is 0 Å². The number of aliphatic carboxylic acids is 1. The van der Waals surface area contributed by atoms with Crippen LogP contribution in [0.3, 0.4) is 0 Å². The van der Waals surface area contributed by atoms with Crippen LogP contribution in [0, 0.1) is 0 Å². The summed E-state index contributed by atoms with van der Waals surface area (Å²) in [6, 6.07) is -0.441. The van der Waals surface area contributed by atoms with Gasteiger partial charge in [0.25, 0.3) is 0 Å². The third-order valence-electron chi connectivity index (χ3n) is 2.47. The average Bonchev–Trinajstić information content (AvgIpc) is 2.22. The quantitative estimate of drug-likeness (QED) is 0.305. The van der Waals surface area contributed by atoms with Gasteiger partial charge >= 0.3 is 5.97 Å². The summed E-state index contributed by atoms with van der Waals surface area (Å²) in [4.78, 5) is 16.8. The zero-order valence-electron chi connectivity index (χ0n) is 10.0. The highest BCUT2D eigenvalue weighted by Crippen LogP contribution is 2.07. The minimum Gasteiger partial charge on any atom is -0.480 e. The highest BCUT2D eigenvalue weighted by molar-refractivity contribution is 5.75. The van der Waals surface area contributed by atoms with Gasteiger partial charge < -0.3 is 16.6 Å². The van der Waals surface area contributed by atoms with Crippen LogP contribution in [0.2, 0.25) is 0 Å². The molecule has 94 valence electrons. The normalized spacial score (nSPS) is 12.4. The molecule has 6 heteroatoms. The van der Waals surface area contributed by atoms with Crippen LogP contribution in [-0.2, 0) is 4.79 Å². The Morgan fingerprint density at radius 3 is 2.31 bits per heavy atom. The first kappa shape index (κ1) is 14.7. The second-order valence-electron chi connectivity index (χ2n) is 3.52. The Hall–Kier alpha value is -1.30. The number of rotatable bonds is 8. The zero-order chi connectivity index (χ0) is 12.6. The maximum Gasteiger partial charge on any atom is 0.320 e. The van der Waals surface area contributed by atoms with Crippen molar-refractivity contribution >= 4 is 11.9 Å². The van der Waals surface area contributed by atoms with E-state index < -0.39 is 12.0 Å². The lowest BCUT2D eigenvalue weighted by atomic mass is 10.1. The van der Waals surface area contributed by atoms with E-state index in [1.54, 1.807) is 0 Å². The van der Waals surface area contributed by atoms with Crippen LogP contribution >= 0.6 is 0 Å². The molecule has 0 saturated carbocycles. The SMILES string of the molecule is CCN(CC)C(CCCN=C(N)N)C(=O)O. The molecule has 1 unspecified atom stereocenters. The van der Waals surface area contributed by atoms with Crippen LogP contribution in [0.25, 0.3) is 0 Å². The number of carboxylic acid groups (broad SMARTS) is 1. The predicted molar refractivity (Wildman–Crippen MR) is 64.3 cm³/mol. The minimum atomic E-state index is -0.784. The van der Waals surface area contributed by atoms with Crippen molar-refractivity contribution in [2.75, 3.05) is 19.6 Å². The molecular formula is C10H22N4O2. The van der Waals surface area contributed by atoms with Crippen molar-refractivity contribution in [2.45, 2.75) is 32.7 Å². The van der Waals surface area contributed by atoms with E-state index in [-0.39, 0.29) is 5.96 Å². The van der Waals surface area contributed by atoms with Crippen molar-refractivity contribution in [1.82, 2.24) is 4.90 Å². The van der Waals surface area contributed by atoms with Crippen LogP contribution < -0.4 is 11.5 Å². The summed E-state index contributed by atoms with van der Waals surface area (Å²) in [5, 5.41) is 9.09. The monoisotopic (exact) mass is 230 g/mol. The van der Waals surface area contributed by atoms with E-state index in [1.807, 2.05) is 18.7 Å². The van der Waals surface area contributed by atoms with Gasteiger partial charge in [0.05, 0.1) is 0 Å². The third-order valence-corrected chi connectivity index (χ3v) is 2.47. The summed E-state index contributed by atoms with van der Waals surface area (Å²) in [7, 11) is 0. The number of guanidine groups is 1. The number of carbonyl (C=O) groups is 1. The second kappa shape index (κ2) is 7.92. The van der Waals surface area contributed by atoms with Gasteiger partial charge in [0, 0.05) is 6.54 Å². The lowest BCUT2D eigenvalue weighted by Gasteiger charge is -2.25. The Bertz CT molecular complexity index is 235. The fraction of sp³-hybridized carbons (Fsp3) is 0.800. The lowest BCUT2D eigenvalue weighted by Crippen LogP contribution is -2.41. The largest absolute Gasteiger partial charge is 0.480 e. The van der Waals surface area contributed by atoms with E-state index in [0.717, 1.165) is 13.1 Å². The highest BCUT2D eigenvalue weighted by Gasteiger charge is 2.22. The first-order chi connectivity index (χ1) is 7.52. The summed E-state index contributed by atoms with van der Waals surface area (Å²) < 4.78 is 0. The molecule has 0 aliphatic rings. The van der Waals surface area contributed by atoms with Crippen molar-refractivity contribution in [2.24, 2.45) is 16.5 Å². The van der Waals surface area contributed by atoms with E-state index in [0.29, 0.717) is 19.4 Å². The maximum absolute atomic E-state index is 11.1. The molecule has 0 radical (unpaired) electrons. The van der Waals surface area contributed by atoms with E-state index in [9.17, 15) is 4.79 Å². The number of likely N-dealkylation sites (N-methyl/N-ethyl adjacent to an activating group) is 1. The molecule has 0 heterocycles. The summed E-state index contributed by atoms with van der Waals surface area (Å²) in [6.07, 6.45) is 1.24. The first-order valence-corrected chi connectivity index (χ1v) is 5.55. The Balaban J connectivity index is 4.14. The molecule has 0 spiro atoms. The number of carboxylic acids is 1. The van der Waals surface area contributed by atoms with Crippen LogP contribution in [-0.4, -0.2) is 47.6 Å². The summed E-state index contributed by atoms with van der Waals surface area (Å²) in [5.74, 6) is -0.733. The van der Waals surface area contributed by atoms with E-state index in [1.165, 1.54) is 0 Å². The smallest absolute Gasteiger partial charge is 0.320 e. The fourth-order valence-electron chi connectivity index (χ4n) is 1.62. The molecular weight excluding hydrogens is 208 g/mol. The topological polar surface area (TPSA) is 105 Å². The minimum absolute atomic E-state index is 0.0507. The van der Waals surface area contributed by atoms with Gasteiger partial charge in [-0.1, -0.05) is 13.8 Å². The van der Waals surface area contributed by atoms with Crippen molar-refractivity contribution in [1.29, 1.82) is 0 Å². The van der Waals surface area contributed by atoms with Crippen molar-refractivity contribution in [3.63, 3.8) is 0 Å². The van der Waals surface area contributed by atoms with Crippen molar-refractivity contribution in [3.8, 4) is 0 Å². The molecule has 0 aliphatic carbocycles. The van der Waals surface area contributed by atoms with E-state index in [4.69, 9.17) is 16.6 Å². The van der Waals surface area contributed by atoms with Crippen LogP contribution in [0.15, 0.2) is 4.99 Å². The number of hydrogen-bond donors (Lipinski definition) is 3. The molecule has 0 amide bonds. The molecule has 0 aromatic carbocycles. The summed E-state index contributed by atoms with van der Waals surface area (Å²) >= 11 is 0. The predicted octanol–water partition coefficient (Wildman–Crippen LogP) is -0.165. The molecule has 6 nitrogen and oxygen atoms in total. The highest BCUT2D eigenvalue weighted by atomic mass is 16.4. The Morgan fingerprint density at radius 1 is 1.38 bits per heavy atom. The molecule has 0 saturated heterocycles. The lowest BCUT2D eigenvalue weighted by molar-refractivity contribution is -0.143. The molecule has 0 aromatic heterocycles. The van der Waals surface area contributed by atoms with E-state index >= 15 is 0 Å². The van der Waals surface area contributed by atoms with E-state index in [2.05, 4.69) is 4.99 Å². The summed E-state index contributed by atoms with van der Waals surface area (Å²) in [6.45, 7) is 5.85. The molecule has 16 heavy (non-hydrogen) atoms. The maximum atomic E-state index is 11.1. The Labute approximate surface area is 96.3 Å². The number of nitrogens with zero attached hydrogens (tertiary/aromatic N) is 2. The average molecular weight is 230 g/mol. The molecule has 0 fully saturated rings. The van der Waals surface area contributed by atoms with Gasteiger partial charge in [0.15, 0.2) is 5.96 Å². The van der Waals surface area contributed by atoms with Crippen molar-refractivity contribution < 1.29 is 9.90 Å². The second-order valence-corrected chi connectivity index (χ2v) is 3.52. The molecule has 5 N–H and O–H groups in total. The molecule has 0 aliphatic heterocycles. The molecule has 0 bridgehead atoms. The Morgan fingerprint density at radius 2 is 1.94 bits per heavy atom. The summed E-state index contributed by atoms with van der Waals surface area (Å²) in [5.41, 5.74) is 10.4. The standard InChI is InChI=1S/C10H22N4O2/c1-3-14(4-2)8(9(15)16)6-5-7-13-10(11)12/h8H,3-7H2,1-2H3,(H,15,16)(H4,11,12,13). The van der Waals surface area contributed by atoms with Gasteiger partial charge in [-0.05, 0) is 25.9 Å². The van der Waals surface area contributed by atoms with Gasteiger partial charge in [-0.25, -0.2) is 0 Å². The molecule has 0 aromatic rings. The van der Waals surface area contributed by atoms with Crippen LogP contribution in [0.4, 0.5) is 0 Å². The number of aliphatic imine (C=N–C) groups is 1. The van der Waals surface area contributed by atoms with Gasteiger partial charge in [0.1, 0.15) is 6.04 Å². The first-order valence-electron chi connectivity index (χ1n) is 5.55. The van der Waals surface area contributed by atoms with Gasteiger partial charge in [0.2, 0.25) is 0 Å². The van der Waals surface area contributed by atoms with Gasteiger partial charge in [-0.3, -0.25) is 14.7 Å². The molecule has 1 atom stereocenters. The van der Waals surface area contributed by atoms with Crippen LogP contribution in [0.5, 0.6) is 0 Å². The number of nitrogens with two attached hydrogens (primary N) is 2. The fourth-order valence-corrected chi connectivity index (χ4v) is 1.62. The third kappa shape index (κ3) is 5.55. The number of hydrogen-bond acceptors (Lipinski definition) is 3. The van der Waals surface area contributed by atoms with Gasteiger partial charge in [-0.2, -0.15) is 0 Å². The van der Waals surface area contributed by atoms with Gasteiger partial charge in [-0.15, -0.1) is 0 Å². The molecule has 0 rings (SSSR count).